The molecule has 0 aromatic rings. The normalized spacial score (nSPS) is 50.4. The predicted octanol–water partition coefficient (Wildman–Crippen LogP) is 7.71. The molecule has 5 aliphatic carbocycles. The molecule has 0 radical (unpaired) electrons. The number of rotatable bonds is 1. The summed E-state index contributed by atoms with van der Waals surface area (Å²) < 4.78 is 5.90. The van der Waals surface area contributed by atoms with Gasteiger partial charge in [0, 0.05) is 12.3 Å². The third kappa shape index (κ3) is 3.63. The Hall–Kier alpha value is -0.830. The van der Waals surface area contributed by atoms with Crippen LogP contribution in [0.5, 0.6) is 0 Å². The van der Waals surface area contributed by atoms with Gasteiger partial charge in [-0.2, -0.15) is 0 Å². The predicted molar refractivity (Wildman–Crippen MR) is 142 cm³/mol. The molecule has 0 amide bonds. The van der Waals surface area contributed by atoms with Crippen LogP contribution in [-0.4, -0.2) is 23.3 Å². The van der Waals surface area contributed by atoms with Gasteiger partial charge in [-0.3, -0.25) is 4.79 Å². The Morgan fingerprint density at radius 1 is 0.829 bits per heavy atom. The molecule has 198 valence electrons. The first-order valence-electron chi connectivity index (χ1n) is 14.7. The number of hydrogen-bond donors (Lipinski definition) is 1. The molecule has 4 saturated carbocycles. The largest absolute Gasteiger partial charge is 0.462 e. The molecule has 1 N–H and O–H groups in total. The van der Waals surface area contributed by atoms with Gasteiger partial charge in [0.1, 0.15) is 6.10 Å². The lowest BCUT2D eigenvalue weighted by Gasteiger charge is -2.64. The van der Waals surface area contributed by atoms with Crippen molar-refractivity contribution < 1.29 is 14.6 Å². The highest BCUT2D eigenvalue weighted by molar-refractivity contribution is 5.66. The van der Waals surface area contributed by atoms with E-state index in [4.69, 9.17) is 4.74 Å². The van der Waals surface area contributed by atoms with E-state index >= 15 is 0 Å². The molecular weight excluding hydrogens is 432 g/mol. The number of hydrogen-bond acceptors (Lipinski definition) is 3. The molecule has 9 atom stereocenters. The lowest BCUT2D eigenvalue weighted by Crippen LogP contribution is -2.59. The maximum Gasteiger partial charge on any atom is 0.302 e. The Morgan fingerprint density at radius 2 is 1.51 bits per heavy atom. The van der Waals surface area contributed by atoms with Gasteiger partial charge in [0.05, 0.1) is 6.10 Å². The SMILES string of the molecule is CC(=O)OC1CC[C@@]2(C)[C@H](CC[C@@]3(C)CC4=CC[C@H]5C(C)(C)C(O)CC[C@]5(C)[C@H]4CC[C@H]32)C1(C)C. The first kappa shape index (κ1) is 25.8. The zero-order chi connectivity index (χ0) is 25.6. The summed E-state index contributed by atoms with van der Waals surface area (Å²) in [5.41, 5.74) is 2.76. The molecule has 3 heteroatoms. The number of carbonyl (C=O) groups is 1. The molecular formula is C32H52O3. The summed E-state index contributed by atoms with van der Waals surface area (Å²) in [6, 6.07) is 0. The smallest absolute Gasteiger partial charge is 0.302 e. The van der Waals surface area contributed by atoms with Crippen molar-refractivity contribution in [2.45, 2.75) is 132 Å². The molecule has 0 aliphatic heterocycles. The van der Waals surface area contributed by atoms with Gasteiger partial charge in [-0.25, -0.2) is 0 Å². The monoisotopic (exact) mass is 484 g/mol. The molecule has 0 aromatic heterocycles. The van der Waals surface area contributed by atoms with E-state index in [1.165, 1.54) is 44.9 Å². The van der Waals surface area contributed by atoms with Crippen molar-refractivity contribution in [3.05, 3.63) is 11.6 Å². The Bertz CT molecular complexity index is 900. The van der Waals surface area contributed by atoms with Gasteiger partial charge in [0.2, 0.25) is 0 Å². The number of ether oxygens (including phenoxy) is 1. The number of aliphatic hydroxyl groups excluding tert-OH is 1. The molecule has 0 bridgehead atoms. The van der Waals surface area contributed by atoms with Crippen LogP contribution in [0.3, 0.4) is 0 Å². The Balaban J connectivity index is 1.47. The van der Waals surface area contributed by atoms with Crippen molar-refractivity contribution >= 4 is 5.97 Å². The number of allylic oxidation sites excluding steroid dienone is 2. The van der Waals surface area contributed by atoms with Crippen LogP contribution in [0, 0.1) is 50.7 Å². The van der Waals surface area contributed by atoms with Crippen molar-refractivity contribution in [3.8, 4) is 0 Å². The fourth-order valence-electron chi connectivity index (χ4n) is 11.3. The molecule has 0 spiro atoms. The summed E-state index contributed by atoms with van der Waals surface area (Å²) in [5.74, 6) is 2.44. The van der Waals surface area contributed by atoms with E-state index in [1.807, 2.05) is 0 Å². The van der Waals surface area contributed by atoms with Crippen LogP contribution in [0.1, 0.15) is 120 Å². The fraction of sp³-hybridized carbons (Fsp3) is 0.906. The summed E-state index contributed by atoms with van der Waals surface area (Å²) >= 11 is 0. The third-order valence-electron chi connectivity index (χ3n) is 13.1. The summed E-state index contributed by atoms with van der Waals surface area (Å²) in [4.78, 5) is 11.9. The minimum Gasteiger partial charge on any atom is -0.462 e. The van der Waals surface area contributed by atoms with Gasteiger partial charge in [0.15, 0.2) is 0 Å². The minimum absolute atomic E-state index is 0.00576. The number of carbonyl (C=O) groups excluding carboxylic acids is 1. The van der Waals surface area contributed by atoms with Gasteiger partial charge in [-0.1, -0.05) is 60.1 Å². The highest BCUT2D eigenvalue weighted by Crippen LogP contribution is 2.70. The second kappa shape index (κ2) is 8.08. The van der Waals surface area contributed by atoms with Crippen molar-refractivity contribution in [1.82, 2.24) is 0 Å². The van der Waals surface area contributed by atoms with Crippen LogP contribution in [0.25, 0.3) is 0 Å². The maximum absolute atomic E-state index is 11.9. The molecule has 0 heterocycles. The molecule has 2 unspecified atom stereocenters. The summed E-state index contributed by atoms with van der Waals surface area (Å²) in [5, 5.41) is 10.9. The molecule has 35 heavy (non-hydrogen) atoms. The van der Waals surface area contributed by atoms with Crippen molar-refractivity contribution in [2.24, 2.45) is 50.7 Å². The van der Waals surface area contributed by atoms with Gasteiger partial charge in [-0.15, -0.1) is 0 Å². The Morgan fingerprint density at radius 3 is 2.20 bits per heavy atom. The fourth-order valence-corrected chi connectivity index (χ4v) is 11.3. The number of fused-ring (bicyclic) bond motifs is 6. The van der Waals surface area contributed by atoms with Gasteiger partial charge >= 0.3 is 5.97 Å². The average molecular weight is 485 g/mol. The lowest BCUT2D eigenvalue weighted by atomic mass is 9.42. The molecule has 0 aromatic carbocycles. The van der Waals surface area contributed by atoms with Crippen LogP contribution in [0.15, 0.2) is 11.6 Å². The highest BCUT2D eigenvalue weighted by Gasteiger charge is 2.63. The van der Waals surface area contributed by atoms with Gasteiger partial charge in [-0.05, 0) is 110 Å². The van der Waals surface area contributed by atoms with Crippen LogP contribution in [0.4, 0.5) is 0 Å². The topological polar surface area (TPSA) is 46.5 Å². The van der Waals surface area contributed by atoms with E-state index < -0.39 is 0 Å². The summed E-state index contributed by atoms with van der Waals surface area (Å²) in [6.07, 6.45) is 14.4. The average Bonchev–Trinajstić information content (AvgIpc) is 2.90. The standard InChI is InChI=1S/C32H52O3/c1-20(33)35-27-15-18-32(8)24(29(27,4)5)13-16-30(6)19-21-9-11-23-28(2,3)26(34)14-17-31(23,7)22(21)10-12-25(30)32/h9,22-27,34H,10-19H2,1-8H3/t22-,23-,24+,25+,26?,27?,30-,31+,32-/m0/s1. The number of aliphatic hydroxyl groups is 1. The first-order valence-corrected chi connectivity index (χ1v) is 14.7. The zero-order valence-electron chi connectivity index (χ0n) is 23.9. The Labute approximate surface area is 214 Å². The van der Waals surface area contributed by atoms with Crippen LogP contribution in [-0.2, 0) is 9.53 Å². The van der Waals surface area contributed by atoms with Crippen molar-refractivity contribution in [2.75, 3.05) is 0 Å². The highest BCUT2D eigenvalue weighted by atomic mass is 16.5. The minimum atomic E-state index is -0.171. The molecule has 3 nitrogen and oxygen atoms in total. The summed E-state index contributed by atoms with van der Waals surface area (Å²) in [6.45, 7) is 18.8. The van der Waals surface area contributed by atoms with E-state index in [-0.39, 0.29) is 29.0 Å². The van der Waals surface area contributed by atoms with E-state index in [2.05, 4.69) is 54.5 Å². The molecule has 5 aliphatic rings. The van der Waals surface area contributed by atoms with E-state index in [1.54, 1.807) is 12.5 Å². The molecule has 4 fully saturated rings. The van der Waals surface area contributed by atoms with E-state index in [9.17, 15) is 9.90 Å². The lowest BCUT2D eigenvalue weighted by molar-refractivity contribution is -0.191. The number of esters is 1. The Kier molecular flexibility index (Phi) is 5.96. The van der Waals surface area contributed by atoms with Crippen LogP contribution < -0.4 is 0 Å². The van der Waals surface area contributed by atoms with E-state index in [0.29, 0.717) is 34.0 Å². The second-order valence-corrected chi connectivity index (χ2v) is 15.5. The molecule has 5 rings (SSSR count). The van der Waals surface area contributed by atoms with Crippen LogP contribution in [0.2, 0.25) is 0 Å². The molecule has 0 saturated heterocycles. The third-order valence-corrected chi connectivity index (χ3v) is 13.1. The van der Waals surface area contributed by atoms with Crippen LogP contribution >= 0.6 is 0 Å². The van der Waals surface area contributed by atoms with Crippen molar-refractivity contribution in [3.63, 3.8) is 0 Å². The first-order chi connectivity index (χ1) is 16.2. The zero-order valence-corrected chi connectivity index (χ0v) is 23.9. The van der Waals surface area contributed by atoms with Gasteiger partial charge in [0.25, 0.3) is 0 Å². The second-order valence-electron chi connectivity index (χ2n) is 15.5. The van der Waals surface area contributed by atoms with E-state index in [0.717, 1.165) is 25.2 Å². The summed E-state index contributed by atoms with van der Waals surface area (Å²) in [7, 11) is 0. The quantitative estimate of drug-likeness (QED) is 0.306. The maximum atomic E-state index is 11.9. The van der Waals surface area contributed by atoms with Gasteiger partial charge < -0.3 is 9.84 Å². The van der Waals surface area contributed by atoms with Crippen molar-refractivity contribution in [1.29, 1.82) is 0 Å².